The largest absolute Gasteiger partial charge is 0.481 e. The summed E-state index contributed by atoms with van der Waals surface area (Å²) in [5.74, 6) is -0.504. The van der Waals surface area contributed by atoms with Crippen molar-refractivity contribution in [1.29, 1.82) is 0 Å². The maximum atomic E-state index is 15.0. The lowest BCUT2D eigenvalue weighted by atomic mass is 9.49. The van der Waals surface area contributed by atoms with E-state index >= 15 is 0 Å². The summed E-state index contributed by atoms with van der Waals surface area (Å²) in [7, 11) is 0. The molecule has 23 heavy (non-hydrogen) atoms. The highest BCUT2D eigenvalue weighted by atomic mass is 19.1. The van der Waals surface area contributed by atoms with Crippen LogP contribution in [0.25, 0.3) is 0 Å². The minimum Gasteiger partial charge on any atom is -0.481 e. The van der Waals surface area contributed by atoms with Gasteiger partial charge in [-0.3, -0.25) is 4.79 Å². The molecular weight excluding hydrogens is 291 g/mol. The summed E-state index contributed by atoms with van der Waals surface area (Å²) in [6.07, 6.45) is 4.00. The van der Waals surface area contributed by atoms with Crippen LogP contribution in [0.5, 0.6) is 0 Å². The van der Waals surface area contributed by atoms with Gasteiger partial charge in [-0.1, -0.05) is 39.3 Å². The molecule has 3 heteroatoms. The van der Waals surface area contributed by atoms with E-state index in [2.05, 4.69) is 13.0 Å². The summed E-state index contributed by atoms with van der Waals surface area (Å²) in [5, 5.41) is 9.80. The van der Waals surface area contributed by atoms with Crippen LogP contribution < -0.4 is 0 Å². The number of benzene rings is 1. The highest BCUT2D eigenvalue weighted by molar-refractivity contribution is 5.75. The van der Waals surface area contributed by atoms with Crippen LogP contribution in [0.15, 0.2) is 12.1 Å². The molecule has 2 aliphatic rings. The van der Waals surface area contributed by atoms with Crippen molar-refractivity contribution < 1.29 is 14.3 Å². The Labute approximate surface area is 138 Å². The monoisotopic (exact) mass is 318 g/mol. The predicted molar refractivity (Wildman–Crippen MR) is 89.2 cm³/mol. The number of hydrogen-bond donors (Lipinski definition) is 1. The fourth-order valence-electron chi connectivity index (χ4n) is 5.24. The first kappa shape index (κ1) is 16.5. The summed E-state index contributed by atoms with van der Waals surface area (Å²) in [5.41, 5.74) is 1.75. The van der Waals surface area contributed by atoms with Crippen LogP contribution in [0.1, 0.15) is 76.0 Å². The minimum absolute atomic E-state index is 0.0558. The van der Waals surface area contributed by atoms with Gasteiger partial charge >= 0.3 is 5.97 Å². The minimum atomic E-state index is -0.698. The molecule has 1 saturated carbocycles. The van der Waals surface area contributed by atoms with E-state index in [1.54, 1.807) is 0 Å². The summed E-state index contributed by atoms with van der Waals surface area (Å²) in [6.45, 7) is 8.08. The zero-order valence-corrected chi connectivity index (χ0v) is 14.6. The van der Waals surface area contributed by atoms with Gasteiger partial charge in [0, 0.05) is 0 Å². The first-order valence-electron chi connectivity index (χ1n) is 8.77. The van der Waals surface area contributed by atoms with E-state index in [9.17, 15) is 14.3 Å². The smallest absolute Gasteiger partial charge is 0.309 e. The molecule has 1 fully saturated rings. The molecule has 0 bridgehead atoms. The Bertz CT molecular complexity index is 651. The molecule has 0 saturated heterocycles. The number of hydrogen-bond acceptors (Lipinski definition) is 1. The summed E-state index contributed by atoms with van der Waals surface area (Å²) < 4.78 is 15.0. The van der Waals surface area contributed by atoms with Crippen LogP contribution in [-0.2, 0) is 16.6 Å². The molecule has 126 valence electrons. The van der Waals surface area contributed by atoms with Crippen LogP contribution in [0, 0.1) is 17.2 Å². The third-order valence-corrected chi connectivity index (χ3v) is 6.61. The number of carboxylic acids is 1. The van der Waals surface area contributed by atoms with Crippen LogP contribution in [-0.4, -0.2) is 11.1 Å². The van der Waals surface area contributed by atoms with Crippen molar-refractivity contribution in [2.75, 3.05) is 0 Å². The molecule has 0 unspecified atom stereocenters. The molecule has 1 aromatic carbocycles. The van der Waals surface area contributed by atoms with E-state index in [-0.39, 0.29) is 23.1 Å². The number of aliphatic carboxylic acids is 1. The Morgan fingerprint density at radius 3 is 2.61 bits per heavy atom. The first-order valence-corrected chi connectivity index (χ1v) is 8.77. The summed E-state index contributed by atoms with van der Waals surface area (Å²) >= 11 is 0. The van der Waals surface area contributed by atoms with E-state index in [1.807, 2.05) is 26.8 Å². The SMILES string of the molecule is CC(C)c1ccc2c(c1F)CC[C@H]1[C@](C)(C(=O)O)CCC[C@]21C. The second-order valence-electron chi connectivity index (χ2n) is 8.23. The lowest BCUT2D eigenvalue weighted by molar-refractivity contribution is -0.157. The number of fused-ring (bicyclic) bond motifs is 3. The van der Waals surface area contributed by atoms with Gasteiger partial charge < -0.3 is 5.11 Å². The van der Waals surface area contributed by atoms with Gasteiger partial charge in [0.25, 0.3) is 0 Å². The molecule has 0 aliphatic heterocycles. The maximum absolute atomic E-state index is 15.0. The molecule has 2 nitrogen and oxygen atoms in total. The lowest BCUT2D eigenvalue weighted by Crippen LogP contribution is -2.52. The quantitative estimate of drug-likeness (QED) is 0.829. The van der Waals surface area contributed by atoms with E-state index in [4.69, 9.17) is 0 Å². The third-order valence-electron chi connectivity index (χ3n) is 6.61. The summed E-state index contributed by atoms with van der Waals surface area (Å²) in [6, 6.07) is 3.99. The van der Waals surface area contributed by atoms with Crippen LogP contribution >= 0.6 is 0 Å². The van der Waals surface area contributed by atoms with Crippen molar-refractivity contribution in [2.45, 2.75) is 71.1 Å². The molecule has 1 aromatic rings. The van der Waals surface area contributed by atoms with E-state index in [1.165, 1.54) is 0 Å². The highest BCUT2D eigenvalue weighted by Gasteiger charge is 2.55. The molecule has 0 amide bonds. The van der Waals surface area contributed by atoms with Gasteiger partial charge in [0.2, 0.25) is 0 Å². The fraction of sp³-hybridized carbons (Fsp3) is 0.650. The normalized spacial score (nSPS) is 33.2. The second kappa shape index (κ2) is 5.32. The van der Waals surface area contributed by atoms with Crippen molar-refractivity contribution in [3.8, 4) is 0 Å². The number of carbonyl (C=O) groups is 1. The highest BCUT2D eigenvalue weighted by Crippen LogP contribution is 2.57. The lowest BCUT2D eigenvalue weighted by Gasteiger charge is -2.53. The van der Waals surface area contributed by atoms with Gasteiger partial charge in [-0.05, 0) is 66.5 Å². The van der Waals surface area contributed by atoms with Gasteiger partial charge in [-0.15, -0.1) is 0 Å². The first-order chi connectivity index (χ1) is 10.7. The van der Waals surface area contributed by atoms with Gasteiger partial charge in [-0.2, -0.15) is 0 Å². The molecule has 3 atom stereocenters. The molecular formula is C20H27FO2. The summed E-state index contributed by atoms with van der Waals surface area (Å²) in [4.78, 5) is 11.9. The average molecular weight is 318 g/mol. The Morgan fingerprint density at radius 1 is 1.30 bits per heavy atom. The Morgan fingerprint density at radius 2 is 2.00 bits per heavy atom. The number of carboxylic acid groups (broad SMARTS) is 1. The molecule has 0 radical (unpaired) electrons. The van der Waals surface area contributed by atoms with Crippen LogP contribution in [0.4, 0.5) is 4.39 Å². The zero-order chi connectivity index (χ0) is 17.0. The Balaban J connectivity index is 2.14. The van der Waals surface area contributed by atoms with Gasteiger partial charge in [0.05, 0.1) is 5.41 Å². The number of halogens is 1. The Hall–Kier alpha value is -1.38. The van der Waals surface area contributed by atoms with Crippen molar-refractivity contribution >= 4 is 5.97 Å². The van der Waals surface area contributed by atoms with Gasteiger partial charge in [-0.25, -0.2) is 4.39 Å². The van der Waals surface area contributed by atoms with Crippen molar-refractivity contribution in [3.63, 3.8) is 0 Å². The molecule has 1 N–H and O–H groups in total. The maximum Gasteiger partial charge on any atom is 0.309 e. The van der Waals surface area contributed by atoms with E-state index in [0.717, 1.165) is 42.4 Å². The zero-order valence-electron chi connectivity index (χ0n) is 14.6. The molecule has 0 aromatic heterocycles. The Kier molecular flexibility index (Phi) is 3.81. The third kappa shape index (κ3) is 2.23. The average Bonchev–Trinajstić information content (AvgIpc) is 2.47. The van der Waals surface area contributed by atoms with Crippen LogP contribution in [0.2, 0.25) is 0 Å². The number of rotatable bonds is 2. The molecule has 0 heterocycles. The molecule has 0 spiro atoms. The molecule has 2 aliphatic carbocycles. The fourth-order valence-corrected chi connectivity index (χ4v) is 5.24. The van der Waals surface area contributed by atoms with E-state index < -0.39 is 11.4 Å². The van der Waals surface area contributed by atoms with Gasteiger partial charge in [0.15, 0.2) is 0 Å². The van der Waals surface area contributed by atoms with Crippen LogP contribution in [0.3, 0.4) is 0 Å². The molecule has 3 rings (SSSR count). The van der Waals surface area contributed by atoms with Crippen molar-refractivity contribution in [2.24, 2.45) is 11.3 Å². The standard InChI is InChI=1S/C20H27FO2/c1-12(2)13-6-8-15-14(17(13)21)7-9-16-19(15,3)10-5-11-20(16,4)18(22)23/h6,8,12,16H,5,7,9-11H2,1-4H3,(H,22,23)/t16-,19-,20-/m1/s1. The van der Waals surface area contributed by atoms with Gasteiger partial charge in [0.1, 0.15) is 5.82 Å². The topological polar surface area (TPSA) is 37.3 Å². The van der Waals surface area contributed by atoms with Crippen molar-refractivity contribution in [1.82, 2.24) is 0 Å². The predicted octanol–water partition coefficient (Wildman–Crippen LogP) is 5.04. The van der Waals surface area contributed by atoms with E-state index in [0.29, 0.717) is 6.42 Å². The van der Waals surface area contributed by atoms with Crippen molar-refractivity contribution in [3.05, 3.63) is 34.6 Å². The second-order valence-corrected chi connectivity index (χ2v) is 8.23.